The van der Waals surface area contributed by atoms with Crippen molar-refractivity contribution in [3.8, 4) is 11.1 Å². The molecule has 5 nitrogen and oxygen atoms in total. The van der Waals surface area contributed by atoms with Gasteiger partial charge in [0.05, 0.1) is 11.1 Å². The number of aromatic amines is 1. The minimum atomic E-state index is -0.186. The molecule has 1 amide bonds. The zero-order valence-electron chi connectivity index (χ0n) is 16.9. The standard InChI is InChI=1S/C23H21N3O2S2/c1-13-4-6-16(7-5-13)18-11-29-22-20(18)21(28)25-23(26-22)30-12-19(27)24-17-9-14(2)8-15(3)10-17/h4-11H,12H2,1-3H3,(H,24,27)(H,25,26,28). The predicted octanol–water partition coefficient (Wildman–Crippen LogP) is 5.31. The first kappa shape index (κ1) is 20.4. The van der Waals surface area contributed by atoms with Crippen LogP contribution in [0.4, 0.5) is 5.69 Å². The van der Waals surface area contributed by atoms with Gasteiger partial charge in [0.15, 0.2) is 5.16 Å². The van der Waals surface area contributed by atoms with Crippen LogP contribution < -0.4 is 10.9 Å². The summed E-state index contributed by atoms with van der Waals surface area (Å²) in [6, 6.07) is 14.0. The van der Waals surface area contributed by atoms with Gasteiger partial charge in [0.1, 0.15) is 4.83 Å². The van der Waals surface area contributed by atoms with Crippen molar-refractivity contribution in [3.63, 3.8) is 0 Å². The van der Waals surface area contributed by atoms with E-state index in [9.17, 15) is 9.59 Å². The number of anilines is 1. The molecule has 0 atom stereocenters. The fourth-order valence-corrected chi connectivity index (χ4v) is 4.99. The van der Waals surface area contributed by atoms with Crippen LogP contribution in [0.15, 0.2) is 57.8 Å². The van der Waals surface area contributed by atoms with Crippen LogP contribution in [0.2, 0.25) is 0 Å². The highest BCUT2D eigenvalue weighted by molar-refractivity contribution is 7.99. The van der Waals surface area contributed by atoms with E-state index in [4.69, 9.17) is 0 Å². The number of carbonyl (C=O) groups is 1. The molecule has 0 aliphatic heterocycles. The molecule has 0 saturated carbocycles. The maximum absolute atomic E-state index is 12.7. The van der Waals surface area contributed by atoms with Gasteiger partial charge in [0.2, 0.25) is 5.91 Å². The molecule has 0 spiro atoms. The maximum Gasteiger partial charge on any atom is 0.260 e. The van der Waals surface area contributed by atoms with Gasteiger partial charge in [-0.25, -0.2) is 4.98 Å². The molecular formula is C23H21N3O2S2. The molecule has 2 heterocycles. The SMILES string of the molecule is Cc1ccc(-c2csc3nc(SCC(=O)Nc4cc(C)cc(C)c4)[nH]c(=O)c23)cc1. The Balaban J connectivity index is 1.51. The molecule has 0 unspecified atom stereocenters. The lowest BCUT2D eigenvalue weighted by molar-refractivity contribution is -0.113. The van der Waals surface area contributed by atoms with Gasteiger partial charge in [0, 0.05) is 16.6 Å². The van der Waals surface area contributed by atoms with Crippen molar-refractivity contribution >= 4 is 44.9 Å². The van der Waals surface area contributed by atoms with Gasteiger partial charge in [-0.15, -0.1) is 11.3 Å². The second-order valence-electron chi connectivity index (χ2n) is 7.28. The minimum absolute atomic E-state index is 0.140. The zero-order chi connectivity index (χ0) is 21.3. The van der Waals surface area contributed by atoms with Crippen LogP contribution in [0.1, 0.15) is 16.7 Å². The highest BCUT2D eigenvalue weighted by Crippen LogP contribution is 2.31. The van der Waals surface area contributed by atoms with Crippen molar-refractivity contribution < 1.29 is 4.79 Å². The number of aryl methyl sites for hydroxylation is 3. The smallest absolute Gasteiger partial charge is 0.260 e. The molecule has 7 heteroatoms. The highest BCUT2D eigenvalue weighted by Gasteiger charge is 2.14. The minimum Gasteiger partial charge on any atom is -0.325 e. The second kappa shape index (κ2) is 8.45. The summed E-state index contributed by atoms with van der Waals surface area (Å²) in [4.78, 5) is 33.1. The molecule has 0 saturated heterocycles. The number of fused-ring (bicyclic) bond motifs is 1. The van der Waals surface area contributed by atoms with Crippen LogP contribution in [-0.4, -0.2) is 21.6 Å². The highest BCUT2D eigenvalue weighted by atomic mass is 32.2. The van der Waals surface area contributed by atoms with Gasteiger partial charge in [-0.1, -0.05) is 47.7 Å². The number of hydrogen-bond donors (Lipinski definition) is 2. The summed E-state index contributed by atoms with van der Waals surface area (Å²) in [5.74, 6) is 0.0248. The largest absolute Gasteiger partial charge is 0.325 e. The van der Waals surface area contributed by atoms with Gasteiger partial charge >= 0.3 is 0 Å². The van der Waals surface area contributed by atoms with Crippen molar-refractivity contribution in [3.05, 3.63) is 74.9 Å². The molecule has 2 aromatic carbocycles. The number of benzene rings is 2. The topological polar surface area (TPSA) is 74.8 Å². The van der Waals surface area contributed by atoms with E-state index < -0.39 is 0 Å². The lowest BCUT2D eigenvalue weighted by atomic mass is 10.1. The first-order valence-electron chi connectivity index (χ1n) is 9.48. The van der Waals surface area contributed by atoms with Gasteiger partial charge in [-0.2, -0.15) is 0 Å². The molecule has 30 heavy (non-hydrogen) atoms. The van der Waals surface area contributed by atoms with Crippen LogP contribution in [0, 0.1) is 20.8 Å². The van der Waals surface area contributed by atoms with Crippen LogP contribution in [-0.2, 0) is 4.79 Å². The average Bonchev–Trinajstić information content (AvgIpc) is 3.11. The summed E-state index contributed by atoms with van der Waals surface area (Å²) in [7, 11) is 0. The quantitative estimate of drug-likeness (QED) is 0.329. The van der Waals surface area contributed by atoms with Crippen molar-refractivity contribution in [1.82, 2.24) is 9.97 Å². The number of rotatable bonds is 5. The molecule has 4 aromatic rings. The van der Waals surface area contributed by atoms with E-state index in [1.165, 1.54) is 28.7 Å². The number of H-pyrrole nitrogens is 1. The number of thioether (sulfide) groups is 1. The van der Waals surface area contributed by atoms with E-state index >= 15 is 0 Å². The monoisotopic (exact) mass is 435 g/mol. The second-order valence-corrected chi connectivity index (χ2v) is 9.10. The lowest BCUT2D eigenvalue weighted by Crippen LogP contribution is -2.15. The van der Waals surface area contributed by atoms with Crippen LogP contribution >= 0.6 is 23.1 Å². The molecule has 2 aromatic heterocycles. The molecule has 2 N–H and O–H groups in total. The molecular weight excluding hydrogens is 414 g/mol. The lowest BCUT2D eigenvalue weighted by Gasteiger charge is -2.07. The Morgan fingerprint density at radius 3 is 2.47 bits per heavy atom. The Kier molecular flexibility index (Phi) is 5.74. The first-order chi connectivity index (χ1) is 14.4. The molecule has 0 aliphatic carbocycles. The van der Waals surface area contributed by atoms with E-state index in [1.807, 2.05) is 62.5 Å². The third kappa shape index (κ3) is 4.47. The Hall–Kier alpha value is -2.90. The number of nitrogens with one attached hydrogen (secondary N) is 2. The Labute approximate surface area is 182 Å². The van der Waals surface area contributed by atoms with Crippen molar-refractivity contribution in [2.24, 2.45) is 0 Å². The molecule has 4 rings (SSSR count). The fraction of sp³-hybridized carbons (Fsp3) is 0.174. The van der Waals surface area contributed by atoms with E-state index in [0.717, 1.165) is 27.9 Å². The number of thiophene rings is 1. The zero-order valence-corrected chi connectivity index (χ0v) is 18.5. The number of nitrogens with zero attached hydrogens (tertiary/aromatic N) is 1. The maximum atomic E-state index is 12.7. The van der Waals surface area contributed by atoms with Gasteiger partial charge in [-0.05, 0) is 49.6 Å². The van der Waals surface area contributed by atoms with Crippen LogP contribution in [0.25, 0.3) is 21.3 Å². The van der Waals surface area contributed by atoms with E-state index in [-0.39, 0.29) is 17.2 Å². The molecule has 0 radical (unpaired) electrons. The van der Waals surface area contributed by atoms with E-state index in [2.05, 4.69) is 21.4 Å². The predicted molar refractivity (Wildman–Crippen MR) is 126 cm³/mol. The van der Waals surface area contributed by atoms with Crippen LogP contribution in [0.5, 0.6) is 0 Å². The number of hydrogen-bond acceptors (Lipinski definition) is 5. The Bertz CT molecular complexity index is 1270. The number of carbonyl (C=O) groups excluding carboxylic acids is 1. The summed E-state index contributed by atoms with van der Waals surface area (Å²) in [5.41, 5.74) is 5.82. The normalized spacial score (nSPS) is 11.0. The average molecular weight is 436 g/mol. The van der Waals surface area contributed by atoms with Crippen LogP contribution in [0.3, 0.4) is 0 Å². The third-order valence-electron chi connectivity index (χ3n) is 4.63. The summed E-state index contributed by atoms with van der Waals surface area (Å²) in [6.45, 7) is 6.02. The van der Waals surface area contributed by atoms with Crippen molar-refractivity contribution in [2.45, 2.75) is 25.9 Å². The summed E-state index contributed by atoms with van der Waals surface area (Å²) in [5, 5.41) is 5.89. The Morgan fingerprint density at radius 2 is 1.77 bits per heavy atom. The van der Waals surface area contributed by atoms with Gasteiger partial charge in [0.25, 0.3) is 5.56 Å². The summed E-state index contributed by atoms with van der Waals surface area (Å²) in [6.07, 6.45) is 0. The van der Waals surface area contributed by atoms with E-state index in [1.54, 1.807) is 0 Å². The first-order valence-corrected chi connectivity index (χ1v) is 11.3. The molecule has 0 aliphatic rings. The summed E-state index contributed by atoms with van der Waals surface area (Å²) < 4.78 is 0. The van der Waals surface area contributed by atoms with Gasteiger partial charge < -0.3 is 10.3 Å². The Morgan fingerprint density at radius 1 is 1.07 bits per heavy atom. The molecule has 0 fully saturated rings. The van der Waals surface area contributed by atoms with Gasteiger partial charge in [-0.3, -0.25) is 9.59 Å². The third-order valence-corrected chi connectivity index (χ3v) is 6.38. The number of aromatic nitrogens is 2. The molecule has 152 valence electrons. The number of amides is 1. The summed E-state index contributed by atoms with van der Waals surface area (Å²) >= 11 is 2.66. The van der Waals surface area contributed by atoms with E-state index in [0.29, 0.717) is 15.4 Å². The fourth-order valence-electron chi connectivity index (χ4n) is 3.32. The van der Waals surface area contributed by atoms with Crippen molar-refractivity contribution in [2.75, 3.05) is 11.1 Å². The van der Waals surface area contributed by atoms with Crippen molar-refractivity contribution in [1.29, 1.82) is 0 Å². The molecule has 0 bridgehead atoms.